The van der Waals surface area contributed by atoms with Crippen molar-refractivity contribution in [2.24, 2.45) is 0 Å². The Labute approximate surface area is 98.8 Å². The molecule has 0 saturated heterocycles. The molecule has 1 N–H and O–H groups in total. The first-order valence-corrected chi connectivity index (χ1v) is 5.80. The van der Waals surface area contributed by atoms with E-state index in [1.54, 1.807) is 0 Å². The highest BCUT2D eigenvalue weighted by Crippen LogP contribution is 2.39. The van der Waals surface area contributed by atoms with Gasteiger partial charge >= 0.3 is 0 Å². The van der Waals surface area contributed by atoms with Crippen LogP contribution in [0.1, 0.15) is 24.0 Å². The zero-order valence-corrected chi connectivity index (χ0v) is 10.0. The van der Waals surface area contributed by atoms with Gasteiger partial charge in [-0.1, -0.05) is 24.3 Å². The minimum Gasteiger partial charge on any atom is -0.250 e. The normalized spacial score (nSPS) is 24.3. The van der Waals surface area contributed by atoms with Crippen molar-refractivity contribution in [3.63, 3.8) is 0 Å². The third kappa shape index (κ3) is 1.45. The van der Waals surface area contributed by atoms with Crippen LogP contribution in [0, 0.1) is 12.3 Å². The zero-order valence-electron chi connectivity index (χ0n) is 7.89. The molecule has 1 unspecified atom stereocenters. The molecule has 2 heteroatoms. The van der Waals surface area contributed by atoms with E-state index in [2.05, 4.69) is 56.6 Å². The second kappa shape index (κ2) is 3.92. The van der Waals surface area contributed by atoms with Gasteiger partial charge in [0, 0.05) is 29.3 Å². The van der Waals surface area contributed by atoms with Crippen LogP contribution in [0.5, 0.6) is 0 Å². The highest BCUT2D eigenvalue weighted by atomic mass is 127. The quantitative estimate of drug-likeness (QED) is 0.503. The Balaban J connectivity index is 2.45. The first-order chi connectivity index (χ1) is 6.82. The van der Waals surface area contributed by atoms with E-state index in [4.69, 9.17) is 6.42 Å². The summed E-state index contributed by atoms with van der Waals surface area (Å²) in [5.41, 5.74) is 2.84. The maximum Gasteiger partial charge on any atom is 0.0638 e. The van der Waals surface area contributed by atoms with E-state index in [-0.39, 0.29) is 5.54 Å². The van der Waals surface area contributed by atoms with Crippen molar-refractivity contribution < 1.29 is 0 Å². The van der Waals surface area contributed by atoms with Crippen LogP contribution in [0.4, 0.5) is 0 Å². The second-order valence-electron chi connectivity index (χ2n) is 3.71. The molecule has 0 radical (unpaired) electrons. The topological polar surface area (TPSA) is 12.0 Å². The molecule has 14 heavy (non-hydrogen) atoms. The molecular weight excluding hydrogens is 285 g/mol. The lowest BCUT2D eigenvalue weighted by Crippen LogP contribution is -2.33. The summed E-state index contributed by atoms with van der Waals surface area (Å²) in [6, 6.07) is 8.56. The maximum absolute atomic E-state index is 5.43. The van der Waals surface area contributed by atoms with Crippen molar-refractivity contribution >= 4 is 22.9 Å². The van der Waals surface area contributed by atoms with Gasteiger partial charge in [-0.15, -0.1) is 12.3 Å². The predicted octanol–water partition coefficient (Wildman–Crippen LogP) is 2.79. The highest BCUT2D eigenvalue weighted by molar-refractivity contribution is 14.1. The summed E-state index contributed by atoms with van der Waals surface area (Å²) < 4.78 is 3.36. The molecule has 1 aliphatic carbocycles. The molecule has 0 heterocycles. The van der Waals surface area contributed by atoms with Gasteiger partial charge in [-0.05, 0) is 24.0 Å². The van der Waals surface area contributed by atoms with Gasteiger partial charge in [0.2, 0.25) is 0 Å². The standard InChI is InChI=1S/C12H12IN/c1-2-8-12(14-13)9-7-10-5-3-4-6-11(10)12/h1,3-6,14H,7-9H2. The number of fused-ring (bicyclic) bond motifs is 1. The van der Waals surface area contributed by atoms with Gasteiger partial charge in [0.1, 0.15) is 0 Å². The Morgan fingerprint density at radius 3 is 3.00 bits per heavy atom. The monoisotopic (exact) mass is 297 g/mol. The summed E-state index contributed by atoms with van der Waals surface area (Å²) in [5.74, 6) is 2.77. The van der Waals surface area contributed by atoms with Crippen molar-refractivity contribution in [1.29, 1.82) is 0 Å². The van der Waals surface area contributed by atoms with Crippen molar-refractivity contribution in [3.05, 3.63) is 35.4 Å². The maximum atomic E-state index is 5.43. The lowest BCUT2D eigenvalue weighted by Gasteiger charge is -2.26. The Bertz CT molecular complexity index is 380. The Kier molecular flexibility index (Phi) is 2.80. The third-order valence-corrected chi connectivity index (χ3v) is 3.97. The van der Waals surface area contributed by atoms with Crippen LogP contribution in [0.25, 0.3) is 0 Å². The van der Waals surface area contributed by atoms with E-state index in [9.17, 15) is 0 Å². The van der Waals surface area contributed by atoms with E-state index in [1.807, 2.05) is 0 Å². The predicted molar refractivity (Wildman–Crippen MR) is 67.0 cm³/mol. The molecule has 0 bridgehead atoms. The summed E-state index contributed by atoms with van der Waals surface area (Å²) in [6.07, 6.45) is 8.45. The molecule has 1 aliphatic rings. The highest BCUT2D eigenvalue weighted by Gasteiger charge is 2.36. The lowest BCUT2D eigenvalue weighted by molar-refractivity contribution is 0.431. The first-order valence-electron chi connectivity index (χ1n) is 4.72. The lowest BCUT2D eigenvalue weighted by atomic mass is 9.90. The van der Waals surface area contributed by atoms with E-state index >= 15 is 0 Å². The number of hydrogen-bond acceptors (Lipinski definition) is 1. The number of nitrogens with one attached hydrogen (secondary N) is 1. The Morgan fingerprint density at radius 1 is 1.50 bits per heavy atom. The first kappa shape index (κ1) is 10.0. The molecule has 0 aromatic heterocycles. The number of rotatable bonds is 2. The molecule has 1 aromatic rings. The molecule has 1 atom stereocenters. The number of terminal acetylenes is 1. The SMILES string of the molecule is C#CCC1(NI)CCc2ccccc21. The second-order valence-corrected chi connectivity index (χ2v) is 4.25. The molecule has 1 nitrogen and oxygen atoms in total. The van der Waals surface area contributed by atoms with Gasteiger partial charge in [0.15, 0.2) is 0 Å². The summed E-state index contributed by atoms with van der Waals surface area (Å²) >= 11 is 2.22. The molecule has 0 spiro atoms. The van der Waals surface area contributed by atoms with E-state index in [1.165, 1.54) is 11.1 Å². The number of aryl methyl sites for hydroxylation is 1. The molecule has 0 saturated carbocycles. The van der Waals surface area contributed by atoms with Gasteiger partial charge in [-0.3, -0.25) is 0 Å². The molecule has 72 valence electrons. The van der Waals surface area contributed by atoms with Crippen LogP contribution in [-0.4, -0.2) is 0 Å². The molecule has 0 aliphatic heterocycles. The van der Waals surface area contributed by atoms with E-state index in [0.717, 1.165) is 19.3 Å². The van der Waals surface area contributed by atoms with Crippen molar-refractivity contribution in [2.75, 3.05) is 0 Å². The van der Waals surface area contributed by atoms with Crippen LogP contribution in [0.3, 0.4) is 0 Å². The number of halogens is 1. The molecule has 0 amide bonds. The van der Waals surface area contributed by atoms with Crippen LogP contribution < -0.4 is 3.53 Å². The summed E-state index contributed by atoms with van der Waals surface area (Å²) in [4.78, 5) is 0. The molecule has 2 rings (SSSR count). The molecule has 1 aromatic carbocycles. The summed E-state index contributed by atoms with van der Waals surface area (Å²) in [6.45, 7) is 0. The van der Waals surface area contributed by atoms with Crippen LogP contribution in [0.2, 0.25) is 0 Å². The van der Waals surface area contributed by atoms with Crippen LogP contribution >= 0.6 is 22.9 Å². The number of hydrogen-bond donors (Lipinski definition) is 1. The summed E-state index contributed by atoms with van der Waals surface area (Å²) in [7, 11) is 0. The van der Waals surface area contributed by atoms with Gasteiger partial charge in [0.25, 0.3) is 0 Å². The van der Waals surface area contributed by atoms with Crippen molar-refractivity contribution in [1.82, 2.24) is 3.53 Å². The Hall–Kier alpha value is -0.530. The van der Waals surface area contributed by atoms with Crippen LogP contribution in [-0.2, 0) is 12.0 Å². The van der Waals surface area contributed by atoms with E-state index < -0.39 is 0 Å². The van der Waals surface area contributed by atoms with E-state index in [0.29, 0.717) is 0 Å². The minimum absolute atomic E-state index is 0.0197. The average molecular weight is 297 g/mol. The fraction of sp³-hybridized carbons (Fsp3) is 0.333. The zero-order chi connectivity index (χ0) is 10.0. The smallest absolute Gasteiger partial charge is 0.0638 e. The van der Waals surface area contributed by atoms with Gasteiger partial charge in [-0.25, -0.2) is 3.53 Å². The van der Waals surface area contributed by atoms with Gasteiger partial charge in [-0.2, -0.15) is 0 Å². The molecule has 0 fully saturated rings. The van der Waals surface area contributed by atoms with Crippen molar-refractivity contribution in [3.8, 4) is 12.3 Å². The molecular formula is C12H12IN. The third-order valence-electron chi connectivity index (χ3n) is 2.94. The summed E-state index contributed by atoms with van der Waals surface area (Å²) in [5, 5.41) is 0. The van der Waals surface area contributed by atoms with Crippen LogP contribution in [0.15, 0.2) is 24.3 Å². The minimum atomic E-state index is 0.0197. The van der Waals surface area contributed by atoms with Gasteiger partial charge in [0.05, 0.1) is 5.54 Å². The van der Waals surface area contributed by atoms with Gasteiger partial charge < -0.3 is 0 Å². The average Bonchev–Trinajstić information content (AvgIpc) is 2.59. The fourth-order valence-corrected chi connectivity index (χ4v) is 2.93. The Morgan fingerprint density at radius 2 is 2.29 bits per heavy atom. The largest absolute Gasteiger partial charge is 0.250 e. The fourth-order valence-electron chi connectivity index (χ4n) is 2.18. The van der Waals surface area contributed by atoms with Crippen molar-refractivity contribution in [2.45, 2.75) is 24.8 Å². The number of benzene rings is 1.